The third-order valence-corrected chi connectivity index (χ3v) is 3.79. The van der Waals surface area contributed by atoms with Crippen LogP contribution in [0.25, 0.3) is 0 Å². The van der Waals surface area contributed by atoms with Crippen molar-refractivity contribution in [1.82, 2.24) is 5.43 Å². The SMILES string of the molecule is COc1ccc(C#Cc2cc(F)ccc2CNNc2ccccc2)cc1. The van der Waals surface area contributed by atoms with Crippen LogP contribution in [0.2, 0.25) is 0 Å². The highest BCUT2D eigenvalue weighted by atomic mass is 19.1. The van der Waals surface area contributed by atoms with E-state index < -0.39 is 0 Å². The fourth-order valence-corrected chi connectivity index (χ4v) is 2.40. The molecular formula is C22H19FN2O. The molecule has 3 nitrogen and oxygen atoms in total. The van der Waals surface area contributed by atoms with Gasteiger partial charge in [0.1, 0.15) is 11.6 Å². The van der Waals surface area contributed by atoms with E-state index in [4.69, 9.17) is 4.74 Å². The quantitative estimate of drug-likeness (QED) is 0.532. The zero-order valence-corrected chi connectivity index (χ0v) is 14.4. The molecule has 0 amide bonds. The van der Waals surface area contributed by atoms with Crippen LogP contribution in [0.4, 0.5) is 10.1 Å². The van der Waals surface area contributed by atoms with Gasteiger partial charge >= 0.3 is 0 Å². The predicted octanol–water partition coefficient (Wildman–Crippen LogP) is 4.35. The van der Waals surface area contributed by atoms with Gasteiger partial charge in [0, 0.05) is 23.4 Å². The second-order valence-electron chi connectivity index (χ2n) is 5.62. The molecule has 0 atom stereocenters. The van der Waals surface area contributed by atoms with E-state index in [9.17, 15) is 4.39 Å². The van der Waals surface area contributed by atoms with Gasteiger partial charge in [0.05, 0.1) is 7.11 Å². The molecule has 26 heavy (non-hydrogen) atoms. The number of para-hydroxylation sites is 1. The molecular weight excluding hydrogens is 327 g/mol. The van der Waals surface area contributed by atoms with Gasteiger partial charge in [0.2, 0.25) is 0 Å². The molecule has 130 valence electrons. The summed E-state index contributed by atoms with van der Waals surface area (Å²) in [4.78, 5) is 0. The van der Waals surface area contributed by atoms with Gasteiger partial charge in [-0.1, -0.05) is 36.1 Å². The maximum atomic E-state index is 13.6. The lowest BCUT2D eigenvalue weighted by Gasteiger charge is -2.10. The first-order chi connectivity index (χ1) is 12.7. The number of benzene rings is 3. The molecule has 3 aromatic rings. The van der Waals surface area contributed by atoms with Crippen molar-refractivity contribution in [2.24, 2.45) is 0 Å². The molecule has 0 unspecified atom stereocenters. The van der Waals surface area contributed by atoms with E-state index in [0.717, 1.165) is 22.6 Å². The van der Waals surface area contributed by atoms with Crippen LogP contribution in [0.15, 0.2) is 72.8 Å². The van der Waals surface area contributed by atoms with Gasteiger partial charge in [0.25, 0.3) is 0 Å². The smallest absolute Gasteiger partial charge is 0.124 e. The number of ether oxygens (including phenoxy) is 1. The molecule has 3 aromatic carbocycles. The highest BCUT2D eigenvalue weighted by Gasteiger charge is 2.02. The lowest BCUT2D eigenvalue weighted by atomic mass is 10.1. The Balaban J connectivity index is 1.72. The van der Waals surface area contributed by atoms with Gasteiger partial charge in [-0.2, -0.15) is 0 Å². The first-order valence-electron chi connectivity index (χ1n) is 8.23. The zero-order chi connectivity index (χ0) is 18.2. The minimum Gasteiger partial charge on any atom is -0.497 e. The predicted molar refractivity (Wildman–Crippen MR) is 102 cm³/mol. The zero-order valence-electron chi connectivity index (χ0n) is 14.4. The number of halogens is 1. The lowest BCUT2D eigenvalue weighted by molar-refractivity contribution is 0.415. The molecule has 4 heteroatoms. The second-order valence-corrected chi connectivity index (χ2v) is 5.62. The average Bonchev–Trinajstić information content (AvgIpc) is 2.69. The summed E-state index contributed by atoms with van der Waals surface area (Å²) in [5.41, 5.74) is 9.62. The fourth-order valence-electron chi connectivity index (χ4n) is 2.40. The van der Waals surface area contributed by atoms with Crippen LogP contribution in [0.5, 0.6) is 5.75 Å². The van der Waals surface area contributed by atoms with Crippen LogP contribution in [0.3, 0.4) is 0 Å². The molecule has 0 heterocycles. The van der Waals surface area contributed by atoms with Crippen LogP contribution in [0.1, 0.15) is 16.7 Å². The van der Waals surface area contributed by atoms with Gasteiger partial charge < -0.3 is 10.2 Å². The maximum Gasteiger partial charge on any atom is 0.124 e. The molecule has 0 aliphatic heterocycles. The molecule has 0 fully saturated rings. The van der Waals surface area contributed by atoms with Gasteiger partial charge in [0.15, 0.2) is 0 Å². The molecule has 3 rings (SSSR count). The Morgan fingerprint density at radius 3 is 2.42 bits per heavy atom. The fraction of sp³-hybridized carbons (Fsp3) is 0.0909. The third kappa shape index (κ3) is 4.85. The highest BCUT2D eigenvalue weighted by Crippen LogP contribution is 2.13. The number of rotatable bonds is 5. The Morgan fingerprint density at radius 1 is 0.923 bits per heavy atom. The minimum atomic E-state index is -0.302. The van der Waals surface area contributed by atoms with Gasteiger partial charge in [-0.05, 0) is 54.1 Å². The Hall–Kier alpha value is -3.29. The molecule has 0 aromatic heterocycles. The number of hydrogen-bond acceptors (Lipinski definition) is 3. The summed E-state index contributed by atoms with van der Waals surface area (Å²) < 4.78 is 18.8. The number of nitrogens with one attached hydrogen (secondary N) is 2. The minimum absolute atomic E-state index is 0.302. The van der Waals surface area contributed by atoms with Crippen molar-refractivity contribution in [3.63, 3.8) is 0 Å². The molecule has 0 radical (unpaired) electrons. The standard InChI is InChI=1S/C22H19FN2O/c1-26-22-13-8-17(9-14-22)7-10-18-15-20(23)12-11-19(18)16-24-25-21-5-3-2-4-6-21/h2-6,8-9,11-15,24-25H,16H2,1H3. The molecule has 0 saturated heterocycles. The molecule has 0 aliphatic rings. The Labute approximate surface area is 152 Å². The van der Waals surface area contributed by atoms with E-state index in [0.29, 0.717) is 12.1 Å². The van der Waals surface area contributed by atoms with E-state index in [2.05, 4.69) is 22.7 Å². The number of anilines is 1. The summed E-state index contributed by atoms with van der Waals surface area (Å²) in [6, 6.07) is 21.9. The third-order valence-electron chi connectivity index (χ3n) is 3.79. The Bertz CT molecular complexity index is 912. The van der Waals surface area contributed by atoms with Crippen LogP contribution in [-0.2, 0) is 6.54 Å². The molecule has 0 aliphatic carbocycles. The van der Waals surface area contributed by atoms with Crippen molar-refractivity contribution >= 4 is 5.69 Å². The van der Waals surface area contributed by atoms with Crippen molar-refractivity contribution in [2.75, 3.05) is 12.5 Å². The molecule has 0 bridgehead atoms. The monoisotopic (exact) mass is 346 g/mol. The number of hydrogen-bond donors (Lipinski definition) is 2. The number of methoxy groups -OCH3 is 1. The maximum absolute atomic E-state index is 13.6. The van der Waals surface area contributed by atoms with E-state index in [1.807, 2.05) is 54.6 Å². The van der Waals surface area contributed by atoms with E-state index >= 15 is 0 Å². The summed E-state index contributed by atoms with van der Waals surface area (Å²) in [6.45, 7) is 0.516. The first kappa shape index (κ1) is 17.5. The van der Waals surface area contributed by atoms with Crippen LogP contribution < -0.4 is 15.6 Å². The lowest BCUT2D eigenvalue weighted by Crippen LogP contribution is -2.21. The van der Waals surface area contributed by atoms with Gasteiger partial charge in [-0.3, -0.25) is 0 Å². The Kier molecular flexibility index (Phi) is 5.87. The van der Waals surface area contributed by atoms with Crippen molar-refractivity contribution in [1.29, 1.82) is 0 Å². The Morgan fingerprint density at radius 2 is 1.69 bits per heavy atom. The average molecular weight is 346 g/mol. The summed E-state index contributed by atoms with van der Waals surface area (Å²) in [6.07, 6.45) is 0. The number of hydrazine groups is 1. The van der Waals surface area contributed by atoms with E-state index in [-0.39, 0.29) is 5.82 Å². The van der Waals surface area contributed by atoms with Crippen LogP contribution in [0, 0.1) is 17.7 Å². The van der Waals surface area contributed by atoms with Crippen LogP contribution >= 0.6 is 0 Å². The summed E-state index contributed by atoms with van der Waals surface area (Å²) in [5, 5.41) is 0. The molecule has 2 N–H and O–H groups in total. The summed E-state index contributed by atoms with van der Waals surface area (Å²) >= 11 is 0. The summed E-state index contributed by atoms with van der Waals surface area (Å²) in [7, 11) is 1.62. The van der Waals surface area contributed by atoms with E-state index in [1.165, 1.54) is 12.1 Å². The molecule has 0 saturated carbocycles. The van der Waals surface area contributed by atoms with E-state index in [1.54, 1.807) is 13.2 Å². The topological polar surface area (TPSA) is 33.3 Å². The first-order valence-corrected chi connectivity index (χ1v) is 8.23. The van der Waals surface area contributed by atoms with Crippen molar-refractivity contribution < 1.29 is 9.13 Å². The van der Waals surface area contributed by atoms with Crippen molar-refractivity contribution in [3.8, 4) is 17.6 Å². The van der Waals surface area contributed by atoms with Crippen LogP contribution in [-0.4, -0.2) is 7.11 Å². The highest BCUT2D eigenvalue weighted by molar-refractivity contribution is 5.48. The van der Waals surface area contributed by atoms with Gasteiger partial charge in [-0.15, -0.1) is 0 Å². The van der Waals surface area contributed by atoms with Crippen molar-refractivity contribution in [3.05, 3.63) is 95.3 Å². The molecule has 0 spiro atoms. The largest absolute Gasteiger partial charge is 0.497 e. The van der Waals surface area contributed by atoms with Crippen molar-refractivity contribution in [2.45, 2.75) is 6.54 Å². The van der Waals surface area contributed by atoms with Gasteiger partial charge in [-0.25, -0.2) is 9.82 Å². The summed E-state index contributed by atoms with van der Waals surface area (Å²) in [5.74, 6) is 6.60. The second kappa shape index (κ2) is 8.70. The normalized spacial score (nSPS) is 9.92.